The van der Waals surface area contributed by atoms with Crippen LogP contribution < -0.4 is 0 Å². The number of piperazine rings is 1. The first-order chi connectivity index (χ1) is 12.7. The molecule has 0 spiro atoms. The number of pyridine rings is 1. The smallest absolute Gasteiger partial charge is 0.254 e. The van der Waals surface area contributed by atoms with Crippen molar-refractivity contribution < 1.29 is 13.9 Å². The van der Waals surface area contributed by atoms with E-state index < -0.39 is 0 Å². The van der Waals surface area contributed by atoms with Gasteiger partial charge in [-0.3, -0.25) is 14.7 Å². The molecule has 1 amide bonds. The largest absolute Gasteiger partial charge is 0.372 e. The maximum absolute atomic E-state index is 13.4. The second-order valence-corrected chi connectivity index (χ2v) is 6.94. The van der Waals surface area contributed by atoms with Gasteiger partial charge in [0, 0.05) is 50.2 Å². The lowest BCUT2D eigenvalue weighted by atomic mass is 10.1. The number of hydrogen-bond donors (Lipinski definition) is 0. The average Bonchev–Trinajstić information content (AvgIpc) is 3.08. The predicted molar refractivity (Wildman–Crippen MR) is 95.1 cm³/mol. The van der Waals surface area contributed by atoms with Gasteiger partial charge < -0.3 is 9.64 Å². The lowest BCUT2D eigenvalue weighted by Crippen LogP contribution is -2.52. The van der Waals surface area contributed by atoms with E-state index in [0.29, 0.717) is 31.3 Å². The number of aromatic nitrogens is 1. The van der Waals surface area contributed by atoms with E-state index in [1.54, 1.807) is 18.3 Å². The second-order valence-electron chi connectivity index (χ2n) is 6.94. The fourth-order valence-electron chi connectivity index (χ4n) is 3.80. The van der Waals surface area contributed by atoms with E-state index in [4.69, 9.17) is 4.74 Å². The van der Waals surface area contributed by atoms with Gasteiger partial charge in [-0.05, 0) is 36.2 Å². The van der Waals surface area contributed by atoms with Crippen LogP contribution in [0, 0.1) is 5.82 Å². The van der Waals surface area contributed by atoms with E-state index in [1.807, 2.05) is 23.2 Å². The Morgan fingerprint density at radius 3 is 2.96 bits per heavy atom. The molecule has 1 aromatic heterocycles. The first-order valence-corrected chi connectivity index (χ1v) is 8.98. The number of carbonyl (C=O) groups excluding carboxylic acids is 1. The summed E-state index contributed by atoms with van der Waals surface area (Å²) in [5, 5.41) is 0. The van der Waals surface area contributed by atoms with Crippen LogP contribution >= 0.6 is 0 Å². The zero-order valence-electron chi connectivity index (χ0n) is 14.6. The topological polar surface area (TPSA) is 45.7 Å². The number of halogens is 1. The van der Waals surface area contributed by atoms with Crippen LogP contribution in [-0.4, -0.2) is 59.0 Å². The van der Waals surface area contributed by atoms with Gasteiger partial charge in [-0.25, -0.2) is 4.39 Å². The molecule has 0 saturated carbocycles. The Balaban J connectivity index is 1.33. The number of benzene rings is 1. The average molecular weight is 355 g/mol. The van der Waals surface area contributed by atoms with Gasteiger partial charge in [-0.15, -0.1) is 0 Å². The van der Waals surface area contributed by atoms with E-state index in [2.05, 4.69) is 9.88 Å². The molecule has 0 aliphatic carbocycles. The number of amides is 1. The molecule has 2 fully saturated rings. The van der Waals surface area contributed by atoms with Crippen molar-refractivity contribution in [1.82, 2.24) is 14.8 Å². The molecular weight excluding hydrogens is 333 g/mol. The lowest BCUT2D eigenvalue weighted by Gasteiger charge is -2.37. The van der Waals surface area contributed by atoms with Crippen LogP contribution in [0.5, 0.6) is 0 Å². The SMILES string of the molecule is O=C(c1cccc(F)c1)N1CCN2C[C@H](OCc3cccnc3)C[C@H]2C1. The molecule has 2 saturated heterocycles. The van der Waals surface area contributed by atoms with Crippen LogP contribution in [0.4, 0.5) is 4.39 Å². The van der Waals surface area contributed by atoms with Crippen molar-refractivity contribution in [3.63, 3.8) is 0 Å². The number of rotatable bonds is 4. The van der Waals surface area contributed by atoms with Crippen molar-refractivity contribution in [2.45, 2.75) is 25.2 Å². The van der Waals surface area contributed by atoms with Crippen LogP contribution in [-0.2, 0) is 11.3 Å². The Labute approximate surface area is 152 Å². The Morgan fingerprint density at radius 2 is 2.15 bits per heavy atom. The third-order valence-electron chi connectivity index (χ3n) is 5.15. The Bertz CT molecular complexity index is 771. The molecule has 136 valence electrons. The van der Waals surface area contributed by atoms with Gasteiger partial charge in [0.15, 0.2) is 0 Å². The maximum Gasteiger partial charge on any atom is 0.254 e. The summed E-state index contributed by atoms with van der Waals surface area (Å²) < 4.78 is 19.4. The Kier molecular flexibility index (Phi) is 4.95. The molecule has 2 aromatic rings. The summed E-state index contributed by atoms with van der Waals surface area (Å²) in [5.41, 5.74) is 1.49. The molecule has 6 heteroatoms. The lowest BCUT2D eigenvalue weighted by molar-refractivity contribution is 0.0450. The number of nitrogens with zero attached hydrogens (tertiary/aromatic N) is 3. The highest BCUT2D eigenvalue weighted by Crippen LogP contribution is 2.25. The van der Waals surface area contributed by atoms with E-state index in [1.165, 1.54) is 12.1 Å². The standard InChI is InChI=1S/C20H22FN3O2/c21-17-5-1-4-16(9-17)20(25)24-8-7-23-13-19(10-18(23)12-24)26-14-15-3-2-6-22-11-15/h1-6,9,11,18-19H,7-8,10,12-14H2/t18-,19+/m0/s1. The molecule has 1 aromatic carbocycles. The van der Waals surface area contributed by atoms with Gasteiger partial charge in [0.25, 0.3) is 5.91 Å². The summed E-state index contributed by atoms with van der Waals surface area (Å²) in [7, 11) is 0. The molecule has 0 radical (unpaired) electrons. The molecule has 4 rings (SSSR count). The molecule has 26 heavy (non-hydrogen) atoms. The molecule has 2 aliphatic heterocycles. The van der Waals surface area contributed by atoms with E-state index in [0.717, 1.165) is 25.1 Å². The number of ether oxygens (including phenoxy) is 1. The molecule has 0 N–H and O–H groups in total. The summed E-state index contributed by atoms with van der Waals surface area (Å²) in [6.45, 7) is 3.62. The molecule has 0 bridgehead atoms. The monoisotopic (exact) mass is 355 g/mol. The van der Waals surface area contributed by atoms with Crippen molar-refractivity contribution in [1.29, 1.82) is 0 Å². The molecule has 5 nitrogen and oxygen atoms in total. The molecular formula is C20H22FN3O2. The normalized spacial score (nSPS) is 23.0. The first kappa shape index (κ1) is 17.1. The molecule has 2 aliphatic rings. The highest BCUT2D eigenvalue weighted by Gasteiger charge is 2.38. The van der Waals surface area contributed by atoms with Crippen molar-refractivity contribution in [3.05, 3.63) is 65.7 Å². The summed E-state index contributed by atoms with van der Waals surface area (Å²) in [6, 6.07) is 10.1. The van der Waals surface area contributed by atoms with Gasteiger partial charge in [-0.1, -0.05) is 12.1 Å². The number of hydrogen-bond acceptors (Lipinski definition) is 4. The van der Waals surface area contributed by atoms with E-state index in [-0.39, 0.29) is 17.8 Å². The Morgan fingerprint density at radius 1 is 1.23 bits per heavy atom. The minimum atomic E-state index is -0.376. The molecule has 0 unspecified atom stereocenters. The van der Waals surface area contributed by atoms with E-state index >= 15 is 0 Å². The summed E-state index contributed by atoms with van der Waals surface area (Å²) in [4.78, 5) is 21.0. The second kappa shape index (κ2) is 7.51. The molecule has 2 atom stereocenters. The molecule has 3 heterocycles. The fraction of sp³-hybridized carbons (Fsp3) is 0.400. The van der Waals surface area contributed by atoms with Crippen LogP contribution in [0.3, 0.4) is 0 Å². The highest BCUT2D eigenvalue weighted by molar-refractivity contribution is 5.94. The quantitative estimate of drug-likeness (QED) is 0.845. The van der Waals surface area contributed by atoms with Crippen molar-refractivity contribution in [3.8, 4) is 0 Å². The van der Waals surface area contributed by atoms with Crippen molar-refractivity contribution >= 4 is 5.91 Å². The fourth-order valence-corrected chi connectivity index (χ4v) is 3.80. The van der Waals surface area contributed by atoms with Crippen LogP contribution in [0.25, 0.3) is 0 Å². The maximum atomic E-state index is 13.4. The van der Waals surface area contributed by atoms with Crippen LogP contribution in [0.2, 0.25) is 0 Å². The summed E-state index contributed by atoms with van der Waals surface area (Å²) in [5.74, 6) is -0.469. The minimum absolute atomic E-state index is 0.0936. The van der Waals surface area contributed by atoms with Gasteiger partial charge in [-0.2, -0.15) is 0 Å². The van der Waals surface area contributed by atoms with E-state index in [9.17, 15) is 9.18 Å². The van der Waals surface area contributed by atoms with Gasteiger partial charge in [0.1, 0.15) is 5.82 Å². The first-order valence-electron chi connectivity index (χ1n) is 8.98. The third-order valence-corrected chi connectivity index (χ3v) is 5.15. The zero-order chi connectivity index (χ0) is 17.9. The Hall–Kier alpha value is -2.31. The summed E-state index contributed by atoms with van der Waals surface area (Å²) in [6.07, 6.45) is 4.66. The van der Waals surface area contributed by atoms with Crippen LogP contribution in [0.15, 0.2) is 48.8 Å². The predicted octanol–water partition coefficient (Wildman–Crippen LogP) is 2.34. The third kappa shape index (κ3) is 3.76. The van der Waals surface area contributed by atoms with Crippen LogP contribution in [0.1, 0.15) is 22.3 Å². The van der Waals surface area contributed by atoms with Crippen molar-refractivity contribution in [2.24, 2.45) is 0 Å². The van der Waals surface area contributed by atoms with Crippen molar-refractivity contribution in [2.75, 3.05) is 26.2 Å². The van der Waals surface area contributed by atoms with Gasteiger partial charge in [0.05, 0.1) is 12.7 Å². The minimum Gasteiger partial charge on any atom is -0.372 e. The zero-order valence-corrected chi connectivity index (χ0v) is 14.6. The highest BCUT2D eigenvalue weighted by atomic mass is 19.1. The van der Waals surface area contributed by atoms with Gasteiger partial charge >= 0.3 is 0 Å². The number of carbonyl (C=O) groups is 1. The van der Waals surface area contributed by atoms with Gasteiger partial charge in [0.2, 0.25) is 0 Å². The number of fused-ring (bicyclic) bond motifs is 1. The summed E-state index contributed by atoms with van der Waals surface area (Å²) >= 11 is 0.